The highest BCUT2D eigenvalue weighted by molar-refractivity contribution is 7.92. The fourth-order valence-corrected chi connectivity index (χ4v) is 3.46. The Labute approximate surface area is 134 Å². The maximum absolute atomic E-state index is 12.6. The summed E-state index contributed by atoms with van der Waals surface area (Å²) in [6, 6.07) is 9.63. The summed E-state index contributed by atoms with van der Waals surface area (Å²) in [6.07, 6.45) is 0. The Morgan fingerprint density at radius 2 is 1.68 bits per heavy atom. The van der Waals surface area contributed by atoms with Crippen LogP contribution in [0.5, 0.6) is 11.5 Å². The summed E-state index contributed by atoms with van der Waals surface area (Å²) in [5, 5.41) is 0.309. The zero-order valence-corrected chi connectivity index (χ0v) is 14.0. The van der Waals surface area contributed by atoms with Crippen LogP contribution in [0.4, 0.5) is 5.69 Å². The molecule has 0 unspecified atom stereocenters. The second kappa shape index (κ2) is 6.46. The van der Waals surface area contributed by atoms with Crippen LogP contribution in [0, 0.1) is 6.92 Å². The lowest BCUT2D eigenvalue weighted by molar-refractivity contribution is 0.390. The first-order valence-corrected chi connectivity index (χ1v) is 8.25. The Kier molecular flexibility index (Phi) is 4.83. The van der Waals surface area contributed by atoms with Crippen molar-refractivity contribution < 1.29 is 17.9 Å². The van der Waals surface area contributed by atoms with Gasteiger partial charge in [0.15, 0.2) is 0 Å². The van der Waals surface area contributed by atoms with Crippen molar-refractivity contribution in [1.82, 2.24) is 0 Å². The first-order valence-electron chi connectivity index (χ1n) is 6.39. The zero-order valence-electron chi connectivity index (χ0n) is 12.4. The summed E-state index contributed by atoms with van der Waals surface area (Å²) in [6.45, 7) is 1.80. The topological polar surface area (TPSA) is 64.6 Å². The van der Waals surface area contributed by atoms with Crippen molar-refractivity contribution in [1.29, 1.82) is 0 Å². The third kappa shape index (κ3) is 3.28. The monoisotopic (exact) mass is 341 g/mol. The summed E-state index contributed by atoms with van der Waals surface area (Å²) in [4.78, 5) is -0.0163. The molecular weight excluding hydrogens is 326 g/mol. The van der Waals surface area contributed by atoms with Crippen molar-refractivity contribution in [3.63, 3.8) is 0 Å². The molecule has 0 saturated carbocycles. The molecule has 0 spiro atoms. The Hall–Kier alpha value is -1.92. The van der Waals surface area contributed by atoms with Gasteiger partial charge < -0.3 is 9.47 Å². The van der Waals surface area contributed by atoms with Crippen LogP contribution < -0.4 is 14.2 Å². The Morgan fingerprint density at radius 3 is 2.27 bits per heavy atom. The van der Waals surface area contributed by atoms with Gasteiger partial charge in [-0.3, -0.25) is 4.72 Å². The number of benzene rings is 2. The van der Waals surface area contributed by atoms with E-state index in [1.165, 1.54) is 20.3 Å². The van der Waals surface area contributed by atoms with E-state index in [1.807, 2.05) is 0 Å². The molecule has 0 amide bonds. The van der Waals surface area contributed by atoms with E-state index in [2.05, 4.69) is 4.72 Å². The van der Waals surface area contributed by atoms with Gasteiger partial charge in [-0.1, -0.05) is 23.7 Å². The second-order valence-corrected chi connectivity index (χ2v) is 6.62. The average Bonchev–Trinajstić information content (AvgIpc) is 2.48. The fraction of sp³-hybridized carbons (Fsp3) is 0.200. The molecule has 0 atom stereocenters. The van der Waals surface area contributed by atoms with Gasteiger partial charge in [0.05, 0.1) is 24.9 Å². The van der Waals surface area contributed by atoms with Gasteiger partial charge in [-0.25, -0.2) is 8.42 Å². The van der Waals surface area contributed by atoms with Gasteiger partial charge >= 0.3 is 0 Å². The average molecular weight is 342 g/mol. The number of aryl methyl sites for hydroxylation is 1. The number of para-hydroxylation sites is 1. The van der Waals surface area contributed by atoms with E-state index < -0.39 is 10.0 Å². The number of methoxy groups -OCH3 is 2. The first-order chi connectivity index (χ1) is 10.4. The number of hydrogen-bond acceptors (Lipinski definition) is 4. The number of nitrogens with one attached hydrogen (secondary N) is 1. The second-order valence-electron chi connectivity index (χ2n) is 4.56. The molecular formula is C15H16ClNO4S. The molecule has 0 aliphatic rings. The van der Waals surface area contributed by atoms with Crippen LogP contribution in [0.3, 0.4) is 0 Å². The highest BCUT2D eigenvalue weighted by atomic mass is 35.5. The molecule has 2 aromatic carbocycles. The number of sulfonamides is 1. The van der Waals surface area contributed by atoms with Crippen LogP contribution in [-0.4, -0.2) is 22.6 Å². The predicted octanol–water partition coefficient (Wildman–Crippen LogP) is 3.47. The molecule has 0 bridgehead atoms. The molecule has 0 heterocycles. The summed E-state index contributed by atoms with van der Waals surface area (Å²) in [5.74, 6) is 0.693. The molecule has 22 heavy (non-hydrogen) atoms. The molecule has 0 aromatic heterocycles. The van der Waals surface area contributed by atoms with E-state index in [0.29, 0.717) is 16.5 Å². The molecule has 2 aromatic rings. The lowest BCUT2D eigenvalue weighted by Crippen LogP contribution is -2.14. The van der Waals surface area contributed by atoms with Crippen LogP contribution >= 0.6 is 11.6 Å². The Morgan fingerprint density at radius 1 is 1.05 bits per heavy atom. The lowest BCUT2D eigenvalue weighted by atomic mass is 10.2. The van der Waals surface area contributed by atoms with Crippen molar-refractivity contribution in [2.75, 3.05) is 18.9 Å². The maximum atomic E-state index is 12.6. The Bertz CT molecular complexity index is 790. The number of ether oxygens (including phenoxy) is 2. The van der Waals surface area contributed by atoms with E-state index in [4.69, 9.17) is 21.1 Å². The minimum Gasteiger partial charge on any atom is -0.496 e. The third-order valence-corrected chi connectivity index (χ3v) is 4.81. The lowest BCUT2D eigenvalue weighted by Gasteiger charge is -2.15. The van der Waals surface area contributed by atoms with Gasteiger partial charge in [0.2, 0.25) is 0 Å². The quantitative estimate of drug-likeness (QED) is 0.904. The molecule has 7 heteroatoms. The first kappa shape index (κ1) is 16.5. The van der Waals surface area contributed by atoms with Gasteiger partial charge in [-0.2, -0.15) is 0 Å². The van der Waals surface area contributed by atoms with E-state index in [-0.39, 0.29) is 10.6 Å². The summed E-state index contributed by atoms with van der Waals surface area (Å²) >= 11 is 5.99. The number of hydrogen-bond donors (Lipinski definition) is 1. The van der Waals surface area contributed by atoms with E-state index in [1.54, 1.807) is 37.3 Å². The predicted molar refractivity (Wildman–Crippen MR) is 86.5 cm³/mol. The molecule has 2 rings (SSSR count). The van der Waals surface area contributed by atoms with Gasteiger partial charge in [0.25, 0.3) is 10.0 Å². The number of anilines is 1. The maximum Gasteiger partial charge on any atom is 0.265 e. The van der Waals surface area contributed by atoms with Crippen LogP contribution in [0.2, 0.25) is 5.02 Å². The van der Waals surface area contributed by atoms with Crippen LogP contribution in [0.15, 0.2) is 41.3 Å². The van der Waals surface area contributed by atoms with Crippen LogP contribution in [0.25, 0.3) is 0 Å². The van der Waals surface area contributed by atoms with Gasteiger partial charge in [-0.05, 0) is 30.7 Å². The summed E-state index contributed by atoms with van der Waals surface area (Å²) in [5.41, 5.74) is 1.07. The summed E-state index contributed by atoms with van der Waals surface area (Å²) in [7, 11) is -0.976. The van der Waals surface area contributed by atoms with Crippen molar-refractivity contribution >= 4 is 27.3 Å². The van der Waals surface area contributed by atoms with Crippen LogP contribution in [0.1, 0.15) is 5.56 Å². The van der Waals surface area contributed by atoms with E-state index in [9.17, 15) is 8.42 Å². The SMILES string of the molecule is COc1cc(S(=O)(=O)Nc2ccccc2Cl)c(OC)cc1C. The van der Waals surface area contributed by atoms with Gasteiger partial charge in [0.1, 0.15) is 16.4 Å². The Balaban J connectivity index is 2.51. The molecule has 0 radical (unpaired) electrons. The van der Waals surface area contributed by atoms with Gasteiger partial charge in [0, 0.05) is 6.07 Å². The fourth-order valence-electron chi connectivity index (χ4n) is 1.98. The van der Waals surface area contributed by atoms with Crippen molar-refractivity contribution in [3.05, 3.63) is 47.0 Å². The zero-order chi connectivity index (χ0) is 16.3. The van der Waals surface area contributed by atoms with Crippen molar-refractivity contribution in [2.24, 2.45) is 0 Å². The molecule has 1 N–H and O–H groups in total. The smallest absolute Gasteiger partial charge is 0.265 e. The standard InChI is InChI=1S/C15H16ClNO4S/c1-10-8-14(21-3)15(9-13(10)20-2)22(18,19)17-12-7-5-4-6-11(12)16/h4-9,17H,1-3H3. The molecule has 0 aliphatic carbocycles. The van der Waals surface area contributed by atoms with Crippen molar-refractivity contribution in [3.8, 4) is 11.5 Å². The van der Waals surface area contributed by atoms with Crippen LogP contribution in [-0.2, 0) is 10.0 Å². The highest BCUT2D eigenvalue weighted by Gasteiger charge is 2.22. The molecule has 118 valence electrons. The normalized spacial score (nSPS) is 11.1. The molecule has 0 saturated heterocycles. The largest absolute Gasteiger partial charge is 0.496 e. The number of halogens is 1. The minimum absolute atomic E-state index is 0.0163. The molecule has 5 nitrogen and oxygen atoms in total. The van der Waals surface area contributed by atoms with Crippen molar-refractivity contribution in [2.45, 2.75) is 11.8 Å². The third-order valence-electron chi connectivity index (χ3n) is 3.09. The van der Waals surface area contributed by atoms with Gasteiger partial charge in [-0.15, -0.1) is 0 Å². The molecule has 0 aliphatic heterocycles. The van der Waals surface area contributed by atoms with E-state index >= 15 is 0 Å². The highest BCUT2D eigenvalue weighted by Crippen LogP contribution is 2.33. The minimum atomic E-state index is -3.87. The number of rotatable bonds is 5. The van der Waals surface area contributed by atoms with E-state index in [0.717, 1.165) is 5.56 Å². The summed E-state index contributed by atoms with van der Waals surface area (Å²) < 4.78 is 38.0. The molecule has 0 fully saturated rings.